The molecule has 7 heteroatoms. The van der Waals surface area contributed by atoms with Crippen molar-refractivity contribution in [2.45, 2.75) is 45.4 Å². The maximum atomic E-state index is 13.1. The van der Waals surface area contributed by atoms with Gasteiger partial charge >= 0.3 is 12.1 Å². The van der Waals surface area contributed by atoms with Crippen molar-refractivity contribution in [1.29, 1.82) is 0 Å². The molecule has 4 nitrogen and oxygen atoms in total. The second-order valence-electron chi connectivity index (χ2n) is 10.3. The molecule has 1 aromatic carbocycles. The Balaban J connectivity index is 1.25. The van der Waals surface area contributed by atoms with E-state index in [2.05, 4.69) is 30.9 Å². The molecule has 0 unspecified atom stereocenters. The second kappa shape index (κ2) is 8.19. The third-order valence-electron chi connectivity index (χ3n) is 8.06. The molecular weight excluding hydrogens is 429 g/mol. The number of rotatable bonds is 3. The Labute approximate surface area is 193 Å². The Kier molecular flexibility index (Phi) is 5.58. The van der Waals surface area contributed by atoms with E-state index in [-0.39, 0.29) is 29.3 Å². The van der Waals surface area contributed by atoms with E-state index < -0.39 is 11.7 Å². The van der Waals surface area contributed by atoms with Gasteiger partial charge in [0.05, 0.1) is 11.5 Å². The number of benzene rings is 1. The summed E-state index contributed by atoms with van der Waals surface area (Å²) in [4.78, 5) is 17.1. The third kappa shape index (κ3) is 4.20. The zero-order chi connectivity index (χ0) is 23.4. The molecule has 4 atom stereocenters. The summed E-state index contributed by atoms with van der Waals surface area (Å²) in [5.41, 5.74) is 2.78. The molecule has 1 aromatic rings. The average Bonchev–Trinajstić information content (AvgIpc) is 3.06. The molecule has 0 spiro atoms. The van der Waals surface area contributed by atoms with Gasteiger partial charge in [0.2, 0.25) is 0 Å². The molecule has 4 aliphatic rings. The standard InChI is InChI=1S/C26H31F3N2O2/c1-17-5-4-8-25(2)15-23-20(14-22(17)25)21(24(32)33-23)16-30-9-11-31(12-10-30)19-7-3-6-18(13-19)26(27,28)29/h3,5-7,13-14,20-21,23H,4,8-12,15-16H2,1-2H3/t20-,21-,23-,25-/m1/s1. The number of allylic oxidation sites excluding steroid dienone is 3. The Hall–Kier alpha value is -2.28. The summed E-state index contributed by atoms with van der Waals surface area (Å²) in [6, 6.07) is 5.52. The lowest BCUT2D eigenvalue weighted by molar-refractivity contribution is -0.145. The Morgan fingerprint density at radius 3 is 2.67 bits per heavy atom. The summed E-state index contributed by atoms with van der Waals surface area (Å²) in [6.45, 7) is 7.80. The quantitative estimate of drug-likeness (QED) is 0.591. The van der Waals surface area contributed by atoms with Crippen molar-refractivity contribution >= 4 is 11.7 Å². The zero-order valence-electron chi connectivity index (χ0n) is 19.2. The van der Waals surface area contributed by atoms with Crippen LogP contribution >= 0.6 is 0 Å². The molecule has 2 aliphatic heterocycles. The number of fused-ring (bicyclic) bond motifs is 2. The molecular formula is C26H31F3N2O2. The normalized spacial score (nSPS) is 32.6. The van der Waals surface area contributed by atoms with Gasteiger partial charge in [-0.3, -0.25) is 9.69 Å². The number of halogens is 3. The van der Waals surface area contributed by atoms with Crippen LogP contribution in [-0.2, 0) is 15.7 Å². The van der Waals surface area contributed by atoms with Gasteiger partial charge in [0, 0.05) is 44.3 Å². The first kappa shape index (κ1) is 22.5. The summed E-state index contributed by atoms with van der Waals surface area (Å²) >= 11 is 0. The molecule has 0 radical (unpaired) electrons. The van der Waals surface area contributed by atoms with Crippen LogP contribution in [-0.4, -0.2) is 49.7 Å². The Bertz CT molecular complexity index is 993. The van der Waals surface area contributed by atoms with Crippen LogP contribution in [0.3, 0.4) is 0 Å². The molecule has 2 saturated heterocycles. The molecule has 2 aliphatic carbocycles. The van der Waals surface area contributed by atoms with Crippen LogP contribution in [0.2, 0.25) is 0 Å². The van der Waals surface area contributed by atoms with E-state index in [1.54, 1.807) is 6.07 Å². The van der Waals surface area contributed by atoms with Crippen molar-refractivity contribution < 1.29 is 22.7 Å². The van der Waals surface area contributed by atoms with E-state index in [0.717, 1.165) is 25.3 Å². The van der Waals surface area contributed by atoms with E-state index in [1.807, 2.05) is 4.90 Å². The van der Waals surface area contributed by atoms with Crippen molar-refractivity contribution in [1.82, 2.24) is 4.90 Å². The highest BCUT2D eigenvalue weighted by Gasteiger charge is 2.51. The highest BCUT2D eigenvalue weighted by Crippen LogP contribution is 2.52. The fraction of sp³-hybridized carbons (Fsp3) is 0.577. The fourth-order valence-corrected chi connectivity index (χ4v) is 6.18. The second-order valence-corrected chi connectivity index (χ2v) is 10.3. The van der Waals surface area contributed by atoms with Gasteiger partial charge in [-0.05, 0) is 55.4 Å². The molecule has 0 amide bonds. The Morgan fingerprint density at radius 2 is 1.94 bits per heavy atom. The van der Waals surface area contributed by atoms with Crippen molar-refractivity contribution in [2.24, 2.45) is 17.3 Å². The van der Waals surface area contributed by atoms with Crippen LogP contribution in [0.25, 0.3) is 0 Å². The smallest absolute Gasteiger partial charge is 0.416 e. The van der Waals surface area contributed by atoms with Crippen LogP contribution < -0.4 is 4.90 Å². The van der Waals surface area contributed by atoms with Gasteiger partial charge in [0.1, 0.15) is 6.10 Å². The number of carbonyl (C=O) groups excluding carboxylic acids is 1. The number of piperazine rings is 1. The van der Waals surface area contributed by atoms with Crippen LogP contribution in [0.1, 0.15) is 38.7 Å². The fourth-order valence-electron chi connectivity index (χ4n) is 6.18. The number of nitrogens with zero attached hydrogens (tertiary/aromatic N) is 2. The van der Waals surface area contributed by atoms with Crippen LogP contribution in [0.15, 0.2) is 47.6 Å². The lowest BCUT2D eigenvalue weighted by Gasteiger charge is -2.43. The number of alkyl halides is 3. The number of ether oxygens (including phenoxy) is 1. The minimum atomic E-state index is -4.34. The minimum absolute atomic E-state index is 0.0476. The van der Waals surface area contributed by atoms with Crippen molar-refractivity contribution in [2.75, 3.05) is 37.6 Å². The van der Waals surface area contributed by atoms with Gasteiger partial charge in [0.25, 0.3) is 0 Å². The SMILES string of the molecule is CC1=CCC[C@]2(C)C[C@H]3OC(=O)[C@H](CN4CCN(c5cccc(C(F)(F)F)c5)CC4)[C@H]3C=C12. The lowest BCUT2D eigenvalue weighted by atomic mass is 9.62. The monoisotopic (exact) mass is 460 g/mol. The maximum absolute atomic E-state index is 13.1. The van der Waals surface area contributed by atoms with Gasteiger partial charge in [-0.25, -0.2) is 0 Å². The maximum Gasteiger partial charge on any atom is 0.416 e. The zero-order valence-corrected chi connectivity index (χ0v) is 19.2. The molecule has 2 fully saturated rings. The molecule has 0 N–H and O–H groups in total. The van der Waals surface area contributed by atoms with E-state index in [4.69, 9.17) is 4.74 Å². The largest absolute Gasteiger partial charge is 0.461 e. The first-order valence-electron chi connectivity index (χ1n) is 11.9. The average molecular weight is 461 g/mol. The highest BCUT2D eigenvalue weighted by molar-refractivity contribution is 5.76. The molecule has 2 heterocycles. The van der Waals surface area contributed by atoms with E-state index in [1.165, 1.54) is 23.3 Å². The predicted octanol–water partition coefficient (Wildman–Crippen LogP) is 5.06. The van der Waals surface area contributed by atoms with Gasteiger partial charge in [0.15, 0.2) is 0 Å². The molecule has 0 saturated carbocycles. The summed E-state index contributed by atoms with van der Waals surface area (Å²) in [5.74, 6) is -0.184. The summed E-state index contributed by atoms with van der Waals surface area (Å²) < 4.78 is 45.1. The first-order chi connectivity index (χ1) is 15.6. The number of anilines is 1. The van der Waals surface area contributed by atoms with Gasteiger partial charge < -0.3 is 9.64 Å². The van der Waals surface area contributed by atoms with Gasteiger partial charge in [-0.2, -0.15) is 13.2 Å². The number of carbonyl (C=O) groups is 1. The van der Waals surface area contributed by atoms with Crippen molar-refractivity contribution in [3.63, 3.8) is 0 Å². The topological polar surface area (TPSA) is 32.8 Å². The van der Waals surface area contributed by atoms with Crippen molar-refractivity contribution in [3.8, 4) is 0 Å². The van der Waals surface area contributed by atoms with Crippen molar-refractivity contribution in [3.05, 3.63) is 53.1 Å². The molecule has 0 aromatic heterocycles. The predicted molar refractivity (Wildman–Crippen MR) is 121 cm³/mol. The van der Waals surface area contributed by atoms with E-state index in [0.29, 0.717) is 38.4 Å². The number of hydrogen-bond acceptors (Lipinski definition) is 4. The highest BCUT2D eigenvalue weighted by atomic mass is 19.4. The molecule has 0 bridgehead atoms. The van der Waals surface area contributed by atoms with Crippen LogP contribution in [0.4, 0.5) is 18.9 Å². The lowest BCUT2D eigenvalue weighted by Crippen LogP contribution is -2.49. The number of hydrogen-bond donors (Lipinski definition) is 0. The molecule has 5 rings (SSSR count). The van der Waals surface area contributed by atoms with Crippen LogP contribution in [0, 0.1) is 17.3 Å². The first-order valence-corrected chi connectivity index (χ1v) is 11.9. The van der Waals surface area contributed by atoms with Gasteiger partial charge in [-0.1, -0.05) is 30.7 Å². The van der Waals surface area contributed by atoms with Crippen LogP contribution in [0.5, 0.6) is 0 Å². The van der Waals surface area contributed by atoms with E-state index >= 15 is 0 Å². The molecule has 178 valence electrons. The minimum Gasteiger partial charge on any atom is -0.461 e. The Morgan fingerprint density at radius 1 is 1.18 bits per heavy atom. The van der Waals surface area contributed by atoms with E-state index in [9.17, 15) is 18.0 Å². The molecule has 33 heavy (non-hydrogen) atoms. The summed E-state index contributed by atoms with van der Waals surface area (Å²) in [7, 11) is 0. The van der Waals surface area contributed by atoms with Gasteiger partial charge in [-0.15, -0.1) is 0 Å². The number of esters is 1. The summed E-state index contributed by atoms with van der Waals surface area (Å²) in [5, 5.41) is 0. The third-order valence-corrected chi connectivity index (χ3v) is 8.06. The summed E-state index contributed by atoms with van der Waals surface area (Å²) in [6.07, 6.45) is 3.28.